The van der Waals surface area contributed by atoms with Gasteiger partial charge in [0, 0.05) is 36.5 Å². The van der Waals surface area contributed by atoms with Gasteiger partial charge in [-0.3, -0.25) is 0 Å². The van der Waals surface area contributed by atoms with E-state index in [1.165, 1.54) is 0 Å². The summed E-state index contributed by atoms with van der Waals surface area (Å²) in [5, 5.41) is 12.9. The van der Waals surface area contributed by atoms with Crippen molar-refractivity contribution in [3.8, 4) is 0 Å². The lowest BCUT2D eigenvalue weighted by atomic mass is 10.1. The average molecular weight is 343 g/mol. The number of benzene rings is 1. The van der Waals surface area contributed by atoms with Gasteiger partial charge in [-0.15, -0.1) is 0 Å². The lowest BCUT2D eigenvalue weighted by Crippen LogP contribution is -2.40. The van der Waals surface area contributed by atoms with Crippen molar-refractivity contribution in [1.29, 1.82) is 0 Å². The van der Waals surface area contributed by atoms with E-state index in [9.17, 15) is 4.79 Å². The van der Waals surface area contributed by atoms with E-state index in [4.69, 9.17) is 16.7 Å². The summed E-state index contributed by atoms with van der Waals surface area (Å²) in [6, 6.07) is 7.75. The summed E-state index contributed by atoms with van der Waals surface area (Å²) in [6.07, 6.45) is 3.79. The molecule has 22 heavy (non-hydrogen) atoms. The van der Waals surface area contributed by atoms with Gasteiger partial charge in [-0.2, -0.15) is 11.8 Å². The Hall–Kier alpha value is -0.910. The van der Waals surface area contributed by atoms with E-state index in [-0.39, 0.29) is 17.9 Å². The van der Waals surface area contributed by atoms with Crippen molar-refractivity contribution in [1.82, 2.24) is 10.2 Å². The number of halogens is 1. The number of hydrogen-bond acceptors (Lipinski definition) is 3. The number of nitrogens with one attached hydrogen (secondary N) is 1. The summed E-state index contributed by atoms with van der Waals surface area (Å²) in [5.41, 5.74) is 1.12. The molecule has 2 rings (SSSR count). The molecule has 1 aromatic carbocycles. The maximum Gasteiger partial charge on any atom is 0.317 e. The smallest absolute Gasteiger partial charge is 0.317 e. The second kappa shape index (κ2) is 8.65. The number of aliphatic hydroxyl groups excluding tert-OH is 1. The molecule has 122 valence electrons. The Bertz CT molecular complexity index is 501. The molecule has 1 aliphatic heterocycles. The van der Waals surface area contributed by atoms with E-state index >= 15 is 0 Å². The fourth-order valence-electron chi connectivity index (χ4n) is 2.77. The van der Waals surface area contributed by atoms with Gasteiger partial charge in [0.1, 0.15) is 0 Å². The highest BCUT2D eigenvalue weighted by molar-refractivity contribution is 7.98. The monoisotopic (exact) mass is 342 g/mol. The second-order valence-electron chi connectivity index (χ2n) is 5.58. The minimum atomic E-state index is -0.0125. The number of thioether (sulfide) groups is 1. The van der Waals surface area contributed by atoms with Crippen LogP contribution in [-0.2, 0) is 0 Å². The number of rotatable bonds is 6. The lowest BCUT2D eigenvalue weighted by molar-refractivity contribution is 0.204. The largest absolute Gasteiger partial charge is 0.396 e. The molecule has 6 heteroatoms. The highest BCUT2D eigenvalue weighted by Gasteiger charge is 2.26. The first-order valence-electron chi connectivity index (χ1n) is 7.56. The Labute approximate surface area is 141 Å². The van der Waals surface area contributed by atoms with Crippen molar-refractivity contribution >= 4 is 29.4 Å². The Balaban J connectivity index is 1.84. The molecule has 1 saturated heterocycles. The van der Waals surface area contributed by atoms with Crippen LogP contribution in [0.25, 0.3) is 0 Å². The lowest BCUT2D eigenvalue weighted by Gasteiger charge is -2.21. The number of carbonyl (C=O) groups excluding carboxylic acids is 1. The molecule has 1 fully saturated rings. The minimum absolute atomic E-state index is 0.0125. The van der Waals surface area contributed by atoms with E-state index in [2.05, 4.69) is 5.32 Å². The molecular formula is C16H23ClN2O2S. The van der Waals surface area contributed by atoms with Gasteiger partial charge in [-0.25, -0.2) is 4.79 Å². The van der Waals surface area contributed by atoms with Crippen LogP contribution in [0.3, 0.4) is 0 Å². The zero-order chi connectivity index (χ0) is 15.9. The van der Waals surface area contributed by atoms with Crippen LogP contribution in [-0.4, -0.2) is 48.5 Å². The van der Waals surface area contributed by atoms with Crippen LogP contribution in [0, 0.1) is 5.92 Å². The number of amides is 2. The highest BCUT2D eigenvalue weighted by Crippen LogP contribution is 2.28. The summed E-state index contributed by atoms with van der Waals surface area (Å²) in [4.78, 5) is 14.1. The second-order valence-corrected chi connectivity index (χ2v) is 7.06. The number of likely N-dealkylation sites (tertiary alicyclic amines) is 1. The molecular weight excluding hydrogens is 320 g/mol. The van der Waals surface area contributed by atoms with Gasteiger partial charge in [0.2, 0.25) is 0 Å². The van der Waals surface area contributed by atoms with Gasteiger partial charge >= 0.3 is 6.03 Å². The molecule has 0 aliphatic carbocycles. The van der Waals surface area contributed by atoms with E-state index in [1.807, 2.05) is 35.4 Å². The van der Waals surface area contributed by atoms with Crippen molar-refractivity contribution in [3.63, 3.8) is 0 Å². The highest BCUT2D eigenvalue weighted by atomic mass is 35.5. The van der Waals surface area contributed by atoms with Gasteiger partial charge < -0.3 is 15.3 Å². The maximum absolute atomic E-state index is 12.2. The molecule has 4 nitrogen and oxygen atoms in total. The molecule has 0 unspecified atom stereocenters. The summed E-state index contributed by atoms with van der Waals surface area (Å²) in [6.45, 7) is 2.30. The third kappa shape index (κ3) is 4.80. The van der Waals surface area contributed by atoms with Crippen molar-refractivity contribution in [2.45, 2.75) is 18.1 Å². The van der Waals surface area contributed by atoms with Crippen molar-refractivity contribution in [2.24, 2.45) is 5.92 Å². The van der Waals surface area contributed by atoms with Crippen LogP contribution >= 0.6 is 23.4 Å². The summed E-state index contributed by atoms with van der Waals surface area (Å²) < 4.78 is 0. The normalized spacial score (nSPS) is 19.2. The SMILES string of the molecule is CS[C@H](CNC(=O)N1CC[C@@H](CCO)C1)c1cccc(Cl)c1. The average Bonchev–Trinajstić information content (AvgIpc) is 2.97. The molecule has 0 bridgehead atoms. The molecule has 1 heterocycles. The van der Waals surface area contributed by atoms with Crippen LogP contribution in [0.4, 0.5) is 4.79 Å². The Kier molecular flexibility index (Phi) is 6.86. The number of nitrogens with zero attached hydrogens (tertiary/aromatic N) is 1. The maximum atomic E-state index is 12.2. The summed E-state index contributed by atoms with van der Waals surface area (Å²) >= 11 is 7.73. The van der Waals surface area contributed by atoms with Gasteiger partial charge in [0.05, 0.1) is 0 Å². The predicted octanol–water partition coefficient (Wildman–Crippen LogP) is 3.16. The van der Waals surface area contributed by atoms with Crippen LogP contribution in [0.5, 0.6) is 0 Å². The minimum Gasteiger partial charge on any atom is -0.396 e. The van der Waals surface area contributed by atoms with Gasteiger partial charge in [-0.05, 0) is 42.7 Å². The topological polar surface area (TPSA) is 52.6 Å². The fraction of sp³-hybridized carbons (Fsp3) is 0.562. The fourth-order valence-corrected chi connectivity index (χ4v) is 3.64. The number of aliphatic hydroxyl groups is 1. The first-order valence-corrected chi connectivity index (χ1v) is 9.22. The standard InChI is InChI=1S/C16H23ClN2O2S/c1-22-15(13-3-2-4-14(17)9-13)10-18-16(21)19-7-5-12(11-19)6-8-20/h2-4,9,12,15,20H,5-8,10-11H2,1H3,(H,18,21)/t12-,15+/m0/s1. The zero-order valence-corrected chi connectivity index (χ0v) is 14.4. The quantitative estimate of drug-likeness (QED) is 0.835. The molecule has 2 amide bonds. The molecule has 2 atom stereocenters. The first-order chi connectivity index (χ1) is 10.6. The molecule has 0 aromatic heterocycles. The van der Waals surface area contributed by atoms with E-state index in [1.54, 1.807) is 11.8 Å². The molecule has 2 N–H and O–H groups in total. The van der Waals surface area contributed by atoms with E-state index in [0.717, 1.165) is 31.5 Å². The molecule has 0 spiro atoms. The molecule has 1 aromatic rings. The first kappa shape index (κ1) is 17.4. The van der Waals surface area contributed by atoms with Gasteiger partial charge in [-0.1, -0.05) is 23.7 Å². The Morgan fingerprint density at radius 3 is 3.09 bits per heavy atom. The Morgan fingerprint density at radius 1 is 1.59 bits per heavy atom. The Morgan fingerprint density at radius 2 is 2.41 bits per heavy atom. The summed E-state index contributed by atoms with van der Waals surface area (Å²) in [7, 11) is 0. The van der Waals surface area contributed by atoms with E-state index in [0.29, 0.717) is 17.5 Å². The number of carbonyl (C=O) groups is 1. The van der Waals surface area contributed by atoms with Crippen LogP contribution in [0.15, 0.2) is 24.3 Å². The summed E-state index contributed by atoms with van der Waals surface area (Å²) in [5.74, 6) is 0.431. The van der Waals surface area contributed by atoms with Gasteiger partial charge in [0.15, 0.2) is 0 Å². The molecule has 0 saturated carbocycles. The van der Waals surface area contributed by atoms with Gasteiger partial charge in [0.25, 0.3) is 0 Å². The van der Waals surface area contributed by atoms with Crippen LogP contribution in [0.2, 0.25) is 5.02 Å². The van der Waals surface area contributed by atoms with Crippen LogP contribution in [0.1, 0.15) is 23.7 Å². The molecule has 1 aliphatic rings. The third-order valence-electron chi connectivity index (χ3n) is 4.05. The van der Waals surface area contributed by atoms with Crippen LogP contribution < -0.4 is 5.32 Å². The number of hydrogen-bond donors (Lipinski definition) is 2. The predicted molar refractivity (Wildman–Crippen MR) is 92.5 cm³/mol. The third-order valence-corrected chi connectivity index (χ3v) is 5.30. The van der Waals surface area contributed by atoms with Crippen molar-refractivity contribution < 1.29 is 9.90 Å². The molecule has 0 radical (unpaired) electrons. The van der Waals surface area contributed by atoms with Crippen molar-refractivity contribution in [2.75, 3.05) is 32.5 Å². The zero-order valence-electron chi connectivity index (χ0n) is 12.8. The number of urea groups is 1. The van der Waals surface area contributed by atoms with Crippen molar-refractivity contribution in [3.05, 3.63) is 34.9 Å². The van der Waals surface area contributed by atoms with E-state index < -0.39 is 0 Å².